The number of amides is 1. The first-order chi connectivity index (χ1) is 14.9. The van der Waals surface area contributed by atoms with Gasteiger partial charge in [-0.2, -0.15) is 0 Å². The molecule has 2 heterocycles. The summed E-state index contributed by atoms with van der Waals surface area (Å²) in [5.74, 6) is -0.164. The fourth-order valence-electron chi connectivity index (χ4n) is 3.69. The van der Waals surface area contributed by atoms with Crippen LogP contribution in [0.5, 0.6) is 5.75 Å². The average Bonchev–Trinajstić information content (AvgIpc) is 3.23. The highest BCUT2D eigenvalue weighted by molar-refractivity contribution is 6.31. The summed E-state index contributed by atoms with van der Waals surface area (Å²) >= 11 is 6.11. The molecule has 0 atom stereocenters. The predicted octanol–water partition coefficient (Wildman–Crippen LogP) is 4.78. The van der Waals surface area contributed by atoms with Gasteiger partial charge in [0, 0.05) is 30.3 Å². The van der Waals surface area contributed by atoms with Crippen molar-refractivity contribution in [1.82, 2.24) is 8.97 Å². The van der Waals surface area contributed by atoms with Crippen LogP contribution >= 0.6 is 11.6 Å². The lowest BCUT2D eigenvalue weighted by Crippen LogP contribution is -2.23. The number of benzene rings is 2. The van der Waals surface area contributed by atoms with Crippen molar-refractivity contribution in [3.8, 4) is 5.75 Å². The van der Waals surface area contributed by atoms with Gasteiger partial charge in [-0.25, -0.2) is 4.39 Å². The normalized spacial score (nSPS) is 11.2. The molecule has 4 aromatic rings. The molecule has 0 saturated heterocycles. The molecule has 0 aliphatic carbocycles. The summed E-state index contributed by atoms with van der Waals surface area (Å²) < 4.78 is 22.4. The van der Waals surface area contributed by atoms with E-state index in [0.717, 1.165) is 11.1 Å². The molecule has 6 nitrogen and oxygen atoms in total. The molecule has 1 amide bonds. The molecule has 8 heteroatoms. The molecular weight excluding hydrogens is 421 g/mol. The number of carbonyl (C=O) groups excluding carboxylic acids is 1. The molecule has 0 spiro atoms. The molecule has 0 fully saturated rings. The third-order valence-corrected chi connectivity index (χ3v) is 5.65. The number of rotatable bonds is 6. The van der Waals surface area contributed by atoms with E-state index in [2.05, 4.69) is 5.32 Å². The van der Waals surface area contributed by atoms with Crippen LogP contribution in [0, 0.1) is 12.7 Å². The van der Waals surface area contributed by atoms with Gasteiger partial charge in [0.1, 0.15) is 17.1 Å². The molecule has 2 aromatic carbocycles. The van der Waals surface area contributed by atoms with Crippen molar-refractivity contribution in [3.63, 3.8) is 0 Å². The van der Waals surface area contributed by atoms with Gasteiger partial charge in [0.2, 0.25) is 5.91 Å². The van der Waals surface area contributed by atoms with Crippen LogP contribution in [0.1, 0.15) is 18.4 Å². The van der Waals surface area contributed by atoms with E-state index in [0.29, 0.717) is 33.9 Å². The second-order valence-corrected chi connectivity index (χ2v) is 7.71. The summed E-state index contributed by atoms with van der Waals surface area (Å²) in [6.45, 7) is 2.12. The van der Waals surface area contributed by atoms with Gasteiger partial charge < -0.3 is 19.0 Å². The molecule has 4 rings (SSSR count). The number of aromatic nitrogens is 2. The largest absolute Gasteiger partial charge is 0.495 e. The zero-order chi connectivity index (χ0) is 22.1. The van der Waals surface area contributed by atoms with Crippen LogP contribution in [-0.2, 0) is 11.3 Å². The maximum absolute atomic E-state index is 13.9. The minimum Gasteiger partial charge on any atom is -0.495 e. The highest BCUT2D eigenvalue weighted by Crippen LogP contribution is 2.31. The van der Waals surface area contributed by atoms with Gasteiger partial charge in [0.15, 0.2) is 0 Å². The quantitative estimate of drug-likeness (QED) is 0.468. The minimum atomic E-state index is -0.421. The van der Waals surface area contributed by atoms with Gasteiger partial charge in [-0.05, 0) is 55.3 Å². The van der Waals surface area contributed by atoms with Gasteiger partial charge in [-0.3, -0.25) is 9.59 Å². The van der Waals surface area contributed by atoms with E-state index in [1.54, 1.807) is 40.9 Å². The van der Waals surface area contributed by atoms with Crippen molar-refractivity contribution in [1.29, 1.82) is 0 Å². The highest BCUT2D eigenvalue weighted by atomic mass is 35.5. The average molecular weight is 442 g/mol. The standard InChI is InChI=1S/C23H21ClFN3O3/c1-14-11-17(21(31-2)13-16(14)24)26-22(29)6-4-10-28-20-12-15(25)7-8-18(20)27-9-3-5-19(27)23(28)30/h3,5,7-9,11-13H,4,6,10H2,1-2H3,(H,26,29). The number of carbonyl (C=O) groups is 1. The molecule has 0 saturated carbocycles. The molecule has 0 aliphatic heterocycles. The number of halogens is 2. The Morgan fingerprint density at radius 2 is 1.97 bits per heavy atom. The number of nitrogens with zero attached hydrogens (tertiary/aromatic N) is 2. The predicted molar refractivity (Wildman–Crippen MR) is 120 cm³/mol. The number of ether oxygens (including phenoxy) is 1. The molecule has 0 bridgehead atoms. The first kappa shape index (κ1) is 20.9. The monoisotopic (exact) mass is 441 g/mol. The van der Waals surface area contributed by atoms with E-state index in [1.807, 2.05) is 6.92 Å². The lowest BCUT2D eigenvalue weighted by molar-refractivity contribution is -0.116. The maximum atomic E-state index is 13.9. The first-order valence-electron chi connectivity index (χ1n) is 9.82. The number of methoxy groups -OCH3 is 1. The number of nitrogens with one attached hydrogen (secondary N) is 1. The summed E-state index contributed by atoms with van der Waals surface area (Å²) in [5.41, 5.74) is 2.85. The zero-order valence-corrected chi connectivity index (χ0v) is 17.9. The molecule has 160 valence electrons. The van der Waals surface area contributed by atoms with Gasteiger partial charge in [-0.15, -0.1) is 0 Å². The lowest BCUT2D eigenvalue weighted by atomic mass is 10.2. The van der Waals surface area contributed by atoms with E-state index in [1.165, 1.54) is 23.8 Å². The summed E-state index contributed by atoms with van der Waals surface area (Å²) in [7, 11) is 1.51. The van der Waals surface area contributed by atoms with Crippen LogP contribution in [0.25, 0.3) is 16.6 Å². The van der Waals surface area contributed by atoms with Crippen molar-refractivity contribution in [2.24, 2.45) is 0 Å². The van der Waals surface area contributed by atoms with Crippen molar-refractivity contribution in [3.05, 3.63) is 75.4 Å². The van der Waals surface area contributed by atoms with E-state index in [9.17, 15) is 14.0 Å². The summed E-state index contributed by atoms with van der Waals surface area (Å²) in [4.78, 5) is 25.4. The fraction of sp³-hybridized carbons (Fsp3) is 0.217. The van der Waals surface area contributed by atoms with Gasteiger partial charge in [0.25, 0.3) is 5.56 Å². The SMILES string of the molecule is COc1cc(Cl)c(C)cc1NC(=O)CCCn1c(=O)c2cccn2c2ccc(F)cc21. The van der Waals surface area contributed by atoms with E-state index in [-0.39, 0.29) is 24.4 Å². The number of hydrogen-bond donors (Lipinski definition) is 1. The number of hydrogen-bond acceptors (Lipinski definition) is 3. The van der Waals surface area contributed by atoms with Crippen molar-refractivity contribution < 1.29 is 13.9 Å². The third kappa shape index (κ3) is 4.01. The summed E-state index contributed by atoms with van der Waals surface area (Å²) in [6, 6.07) is 11.3. The van der Waals surface area contributed by atoms with Crippen LogP contribution in [0.4, 0.5) is 10.1 Å². The van der Waals surface area contributed by atoms with E-state index in [4.69, 9.17) is 16.3 Å². The van der Waals surface area contributed by atoms with Gasteiger partial charge in [0.05, 0.1) is 23.8 Å². The molecule has 1 N–H and O–H groups in total. The van der Waals surface area contributed by atoms with Crippen LogP contribution in [-0.4, -0.2) is 22.0 Å². The Labute approximate surface area is 182 Å². The molecule has 31 heavy (non-hydrogen) atoms. The Bertz CT molecular complexity index is 1360. The Balaban J connectivity index is 1.54. The number of fused-ring (bicyclic) bond motifs is 3. The van der Waals surface area contributed by atoms with Crippen molar-refractivity contribution in [2.75, 3.05) is 12.4 Å². The minimum absolute atomic E-state index is 0.181. The Morgan fingerprint density at radius 3 is 2.74 bits per heavy atom. The number of aryl methyl sites for hydroxylation is 2. The van der Waals surface area contributed by atoms with Gasteiger partial charge in [-0.1, -0.05) is 11.6 Å². The molecular formula is C23H21ClFN3O3. The second-order valence-electron chi connectivity index (χ2n) is 7.31. The molecule has 0 unspecified atom stereocenters. The Kier molecular flexibility index (Phi) is 5.69. The first-order valence-corrected chi connectivity index (χ1v) is 10.2. The summed E-state index contributed by atoms with van der Waals surface area (Å²) in [5, 5.41) is 3.38. The molecule has 0 aliphatic rings. The Morgan fingerprint density at radius 1 is 1.16 bits per heavy atom. The van der Waals surface area contributed by atoms with Crippen LogP contribution < -0.4 is 15.6 Å². The molecule has 0 radical (unpaired) electrons. The van der Waals surface area contributed by atoms with Crippen LogP contribution in [0.15, 0.2) is 53.5 Å². The maximum Gasteiger partial charge on any atom is 0.275 e. The third-order valence-electron chi connectivity index (χ3n) is 5.24. The Hall–Kier alpha value is -3.32. The van der Waals surface area contributed by atoms with E-state index >= 15 is 0 Å². The zero-order valence-electron chi connectivity index (χ0n) is 17.1. The van der Waals surface area contributed by atoms with E-state index < -0.39 is 5.82 Å². The fourth-order valence-corrected chi connectivity index (χ4v) is 3.85. The van der Waals surface area contributed by atoms with Crippen molar-refractivity contribution in [2.45, 2.75) is 26.3 Å². The summed E-state index contributed by atoms with van der Waals surface area (Å²) in [6.07, 6.45) is 2.36. The molecule has 2 aromatic heterocycles. The van der Waals surface area contributed by atoms with Gasteiger partial charge >= 0.3 is 0 Å². The second kappa shape index (κ2) is 8.43. The highest BCUT2D eigenvalue weighted by Gasteiger charge is 2.13. The number of anilines is 1. The van der Waals surface area contributed by atoms with Crippen LogP contribution in [0.2, 0.25) is 5.02 Å². The topological polar surface area (TPSA) is 64.7 Å². The smallest absolute Gasteiger partial charge is 0.275 e. The van der Waals surface area contributed by atoms with Crippen LogP contribution in [0.3, 0.4) is 0 Å². The van der Waals surface area contributed by atoms with Crippen molar-refractivity contribution >= 4 is 39.7 Å². The lowest BCUT2D eigenvalue weighted by Gasteiger charge is -2.14.